The number of anilines is 1. The summed E-state index contributed by atoms with van der Waals surface area (Å²) in [5.41, 5.74) is 5.85. The van der Waals surface area contributed by atoms with Gasteiger partial charge in [-0.3, -0.25) is 14.9 Å². The average Bonchev–Trinajstić information content (AvgIpc) is 3.25. The van der Waals surface area contributed by atoms with Crippen LogP contribution in [0.4, 0.5) is 6.01 Å². The highest BCUT2D eigenvalue weighted by Crippen LogP contribution is 2.19. The fourth-order valence-electron chi connectivity index (χ4n) is 1.93. The number of aryl methyl sites for hydroxylation is 1. The molecule has 0 bridgehead atoms. The van der Waals surface area contributed by atoms with Crippen molar-refractivity contribution in [3.05, 3.63) is 41.9 Å². The summed E-state index contributed by atoms with van der Waals surface area (Å²) in [6.07, 6.45) is 4.02. The molecule has 2 heterocycles. The lowest BCUT2D eigenvalue weighted by molar-refractivity contribution is -0.120. The number of hydrogen-bond acceptors (Lipinski definition) is 7. The van der Waals surface area contributed by atoms with Crippen molar-refractivity contribution in [2.45, 2.75) is 19.4 Å². The van der Waals surface area contributed by atoms with Gasteiger partial charge >= 0.3 is 6.01 Å². The number of rotatable bonds is 7. The molecular formula is C14H14ClN7O2. The van der Waals surface area contributed by atoms with E-state index in [9.17, 15) is 4.79 Å². The minimum Gasteiger partial charge on any atom is -0.313 e. The maximum absolute atomic E-state index is 11.7. The van der Waals surface area contributed by atoms with Gasteiger partial charge in [0.2, 0.25) is 11.7 Å². The van der Waals surface area contributed by atoms with E-state index >= 15 is 0 Å². The number of nitrogens with one attached hydrogen (secondary N) is 2. The average molecular weight is 348 g/mol. The fourth-order valence-corrected chi connectivity index (χ4v) is 2.05. The number of halogens is 1. The van der Waals surface area contributed by atoms with Crippen molar-refractivity contribution in [2.75, 3.05) is 5.43 Å². The van der Waals surface area contributed by atoms with Crippen LogP contribution < -0.4 is 10.9 Å². The molecule has 1 amide bonds. The fraction of sp³-hybridized carbons (Fsp3) is 0.214. The Balaban J connectivity index is 1.44. The summed E-state index contributed by atoms with van der Waals surface area (Å²) >= 11 is 5.83. The number of benzene rings is 1. The van der Waals surface area contributed by atoms with Crippen LogP contribution in [-0.2, 0) is 11.3 Å². The van der Waals surface area contributed by atoms with Gasteiger partial charge in [-0.05, 0) is 30.7 Å². The van der Waals surface area contributed by atoms with Gasteiger partial charge in [-0.2, -0.15) is 10.1 Å². The summed E-state index contributed by atoms with van der Waals surface area (Å²) in [6, 6.07) is 7.12. The Morgan fingerprint density at radius 3 is 2.88 bits per heavy atom. The van der Waals surface area contributed by atoms with Crippen LogP contribution in [0.3, 0.4) is 0 Å². The highest BCUT2D eigenvalue weighted by molar-refractivity contribution is 6.30. The largest absolute Gasteiger partial charge is 0.340 e. The molecule has 2 N–H and O–H groups in total. The van der Waals surface area contributed by atoms with E-state index in [4.69, 9.17) is 16.1 Å². The monoisotopic (exact) mass is 347 g/mol. The lowest BCUT2D eigenvalue weighted by atomic mass is 10.2. The molecule has 0 saturated heterocycles. The molecule has 124 valence electrons. The Bertz CT molecular complexity index is 786. The molecule has 0 fully saturated rings. The second-order valence-electron chi connectivity index (χ2n) is 4.87. The van der Waals surface area contributed by atoms with Crippen molar-refractivity contribution in [3.63, 3.8) is 0 Å². The number of nitrogens with zero attached hydrogens (tertiary/aromatic N) is 5. The smallest absolute Gasteiger partial charge is 0.313 e. The molecule has 3 aromatic rings. The molecule has 0 radical (unpaired) electrons. The summed E-state index contributed by atoms with van der Waals surface area (Å²) < 4.78 is 6.68. The van der Waals surface area contributed by atoms with Crippen LogP contribution in [0.25, 0.3) is 11.4 Å². The van der Waals surface area contributed by atoms with Gasteiger partial charge in [0.25, 0.3) is 0 Å². The van der Waals surface area contributed by atoms with Gasteiger partial charge in [-0.15, -0.1) is 0 Å². The zero-order valence-electron chi connectivity index (χ0n) is 12.5. The zero-order chi connectivity index (χ0) is 16.8. The quantitative estimate of drug-likeness (QED) is 0.628. The van der Waals surface area contributed by atoms with Gasteiger partial charge < -0.3 is 4.52 Å². The summed E-state index contributed by atoms with van der Waals surface area (Å²) in [5, 5.41) is 8.41. The van der Waals surface area contributed by atoms with Crippen LogP contribution >= 0.6 is 11.6 Å². The minimum absolute atomic E-state index is 0.101. The summed E-state index contributed by atoms with van der Waals surface area (Å²) in [4.78, 5) is 19.7. The molecule has 0 atom stereocenters. The Labute approximate surface area is 142 Å². The number of hydrazine groups is 1. The molecule has 0 aliphatic carbocycles. The van der Waals surface area contributed by atoms with Gasteiger partial charge in [-0.25, -0.2) is 10.4 Å². The van der Waals surface area contributed by atoms with Crippen LogP contribution in [0.15, 0.2) is 41.4 Å². The molecule has 3 rings (SSSR count). The van der Waals surface area contributed by atoms with Crippen molar-refractivity contribution in [3.8, 4) is 11.4 Å². The van der Waals surface area contributed by atoms with E-state index in [0.717, 1.165) is 5.56 Å². The van der Waals surface area contributed by atoms with Crippen LogP contribution in [0.2, 0.25) is 5.02 Å². The first-order valence-corrected chi connectivity index (χ1v) is 7.55. The number of hydrogen-bond donors (Lipinski definition) is 2. The molecular weight excluding hydrogens is 334 g/mol. The van der Waals surface area contributed by atoms with Gasteiger partial charge in [0.05, 0.1) is 0 Å². The van der Waals surface area contributed by atoms with Crippen molar-refractivity contribution in [1.82, 2.24) is 30.3 Å². The van der Waals surface area contributed by atoms with E-state index in [2.05, 4.69) is 31.1 Å². The van der Waals surface area contributed by atoms with Crippen LogP contribution in [0.5, 0.6) is 0 Å². The van der Waals surface area contributed by atoms with E-state index in [1.807, 2.05) is 0 Å². The Morgan fingerprint density at radius 2 is 2.12 bits per heavy atom. The summed E-state index contributed by atoms with van der Waals surface area (Å²) in [5.74, 6) is 0.205. The molecule has 9 nitrogen and oxygen atoms in total. The normalized spacial score (nSPS) is 10.5. The Morgan fingerprint density at radius 1 is 1.29 bits per heavy atom. The first-order valence-electron chi connectivity index (χ1n) is 7.17. The molecule has 24 heavy (non-hydrogen) atoms. The first-order chi connectivity index (χ1) is 11.7. The number of carbonyl (C=O) groups is 1. The zero-order valence-corrected chi connectivity index (χ0v) is 13.3. The number of aromatic nitrogens is 5. The van der Waals surface area contributed by atoms with E-state index in [0.29, 0.717) is 30.2 Å². The van der Waals surface area contributed by atoms with E-state index in [1.165, 1.54) is 6.33 Å². The lowest BCUT2D eigenvalue weighted by Crippen LogP contribution is -2.29. The summed E-state index contributed by atoms with van der Waals surface area (Å²) in [6.45, 7) is 0.620. The molecule has 0 saturated carbocycles. The van der Waals surface area contributed by atoms with E-state index in [-0.39, 0.29) is 11.9 Å². The van der Waals surface area contributed by atoms with Crippen molar-refractivity contribution in [1.29, 1.82) is 0 Å². The van der Waals surface area contributed by atoms with Gasteiger partial charge in [0.1, 0.15) is 12.7 Å². The predicted octanol–water partition coefficient (Wildman–Crippen LogP) is 1.91. The molecule has 0 unspecified atom stereocenters. The van der Waals surface area contributed by atoms with Gasteiger partial charge in [0.15, 0.2) is 0 Å². The Kier molecular flexibility index (Phi) is 5.02. The summed E-state index contributed by atoms with van der Waals surface area (Å²) in [7, 11) is 0. The first kappa shape index (κ1) is 15.9. The van der Waals surface area contributed by atoms with Crippen LogP contribution in [0, 0.1) is 0 Å². The molecule has 1 aromatic carbocycles. The predicted molar refractivity (Wildman–Crippen MR) is 85.8 cm³/mol. The third-order valence-electron chi connectivity index (χ3n) is 3.09. The van der Waals surface area contributed by atoms with E-state index in [1.54, 1.807) is 35.3 Å². The van der Waals surface area contributed by atoms with E-state index < -0.39 is 0 Å². The highest BCUT2D eigenvalue weighted by Gasteiger charge is 2.09. The topological polar surface area (TPSA) is 111 Å². The lowest BCUT2D eigenvalue weighted by Gasteiger charge is -2.04. The van der Waals surface area contributed by atoms with Crippen molar-refractivity contribution < 1.29 is 9.32 Å². The minimum atomic E-state index is -0.193. The molecule has 10 heteroatoms. The van der Waals surface area contributed by atoms with Crippen molar-refractivity contribution in [2.24, 2.45) is 0 Å². The number of amides is 1. The molecule has 0 aliphatic rings. The molecule has 0 spiro atoms. The second kappa shape index (κ2) is 7.55. The standard InChI is InChI=1S/C14H14ClN7O2/c15-11-5-3-10(4-6-11)13-18-14(24-21-13)20-19-12(23)2-1-7-22-9-16-8-17-22/h3-6,8-9H,1-2,7H2,(H,19,23)(H,18,20,21). The molecule has 0 aliphatic heterocycles. The third kappa shape index (κ3) is 4.29. The molecule has 2 aromatic heterocycles. The maximum atomic E-state index is 11.7. The third-order valence-corrected chi connectivity index (χ3v) is 3.35. The maximum Gasteiger partial charge on any atom is 0.340 e. The Hall–Kier alpha value is -2.94. The highest BCUT2D eigenvalue weighted by atomic mass is 35.5. The van der Waals surface area contributed by atoms with Gasteiger partial charge in [0, 0.05) is 23.6 Å². The second-order valence-corrected chi connectivity index (χ2v) is 5.30. The van der Waals surface area contributed by atoms with Crippen molar-refractivity contribution >= 4 is 23.5 Å². The number of carbonyl (C=O) groups excluding carboxylic acids is 1. The SMILES string of the molecule is O=C(CCCn1cncn1)NNc1nc(-c2ccc(Cl)cc2)no1. The van der Waals surface area contributed by atoms with Crippen LogP contribution in [0.1, 0.15) is 12.8 Å². The van der Waals surface area contributed by atoms with Gasteiger partial charge in [-0.1, -0.05) is 16.8 Å². The van der Waals surface area contributed by atoms with Crippen LogP contribution in [-0.4, -0.2) is 30.8 Å².